The third-order valence-corrected chi connectivity index (χ3v) is 8.62. The van der Waals surface area contributed by atoms with Crippen molar-refractivity contribution >= 4 is 34.9 Å². The molecule has 42 heavy (non-hydrogen) atoms. The summed E-state index contributed by atoms with van der Waals surface area (Å²) in [5.74, 6) is 2.09. The SMILES string of the molecule is CCN(CC)C(=O)C1=C(C)N=c2s/c(=C/c3ccc(-c4cc(Cl)ccc4C)o3)c(=O)n2[C@@H]1c1cc(OC)ccc1OC. The van der Waals surface area contributed by atoms with Crippen molar-refractivity contribution in [2.24, 2.45) is 4.99 Å². The summed E-state index contributed by atoms with van der Waals surface area (Å²) in [5, 5.41) is 0.611. The zero-order valence-corrected chi connectivity index (χ0v) is 25.9. The fourth-order valence-corrected chi connectivity index (χ4v) is 6.39. The lowest BCUT2D eigenvalue weighted by molar-refractivity contribution is -0.127. The highest BCUT2D eigenvalue weighted by Gasteiger charge is 2.36. The van der Waals surface area contributed by atoms with Crippen LogP contribution in [0.5, 0.6) is 11.5 Å². The van der Waals surface area contributed by atoms with Gasteiger partial charge in [0.15, 0.2) is 4.80 Å². The molecule has 3 heterocycles. The second-order valence-corrected chi connectivity index (χ2v) is 11.3. The summed E-state index contributed by atoms with van der Waals surface area (Å²) >= 11 is 7.46. The van der Waals surface area contributed by atoms with Crippen LogP contribution >= 0.6 is 22.9 Å². The van der Waals surface area contributed by atoms with E-state index in [1.807, 2.05) is 51.1 Å². The average molecular weight is 606 g/mol. The van der Waals surface area contributed by atoms with Gasteiger partial charge in [0.25, 0.3) is 11.5 Å². The van der Waals surface area contributed by atoms with Gasteiger partial charge in [0.05, 0.1) is 30.0 Å². The number of carbonyl (C=O) groups is 1. The number of halogens is 1. The van der Waals surface area contributed by atoms with Crippen LogP contribution in [0.1, 0.15) is 43.7 Å². The van der Waals surface area contributed by atoms with Crippen LogP contribution in [-0.4, -0.2) is 42.7 Å². The summed E-state index contributed by atoms with van der Waals surface area (Å²) in [7, 11) is 3.14. The van der Waals surface area contributed by atoms with E-state index in [1.54, 1.807) is 54.9 Å². The smallest absolute Gasteiger partial charge is 0.271 e. The van der Waals surface area contributed by atoms with Gasteiger partial charge in [-0.1, -0.05) is 29.0 Å². The Labute approximate surface area is 252 Å². The predicted octanol–water partition coefficient (Wildman–Crippen LogP) is 5.34. The number of carbonyl (C=O) groups excluding carboxylic acids is 1. The van der Waals surface area contributed by atoms with Crippen molar-refractivity contribution in [2.45, 2.75) is 33.7 Å². The number of hydrogen-bond acceptors (Lipinski definition) is 7. The van der Waals surface area contributed by atoms with Crippen LogP contribution in [-0.2, 0) is 4.79 Å². The van der Waals surface area contributed by atoms with Crippen LogP contribution in [0.4, 0.5) is 0 Å². The molecule has 0 saturated carbocycles. The van der Waals surface area contributed by atoms with Crippen molar-refractivity contribution < 1.29 is 18.7 Å². The Morgan fingerprint density at radius 3 is 2.55 bits per heavy atom. The van der Waals surface area contributed by atoms with Crippen LogP contribution in [0.3, 0.4) is 0 Å². The number of aryl methyl sites for hydroxylation is 1. The number of fused-ring (bicyclic) bond motifs is 1. The molecule has 4 aromatic rings. The molecule has 1 amide bonds. The first-order chi connectivity index (χ1) is 20.2. The van der Waals surface area contributed by atoms with Gasteiger partial charge in [-0.3, -0.25) is 14.2 Å². The molecule has 2 aromatic heterocycles. The highest BCUT2D eigenvalue weighted by atomic mass is 35.5. The Morgan fingerprint density at radius 1 is 1.10 bits per heavy atom. The van der Waals surface area contributed by atoms with Crippen molar-refractivity contribution in [3.8, 4) is 22.8 Å². The molecule has 0 spiro atoms. The fraction of sp³-hybridized carbons (Fsp3) is 0.281. The zero-order valence-electron chi connectivity index (χ0n) is 24.4. The van der Waals surface area contributed by atoms with Crippen molar-refractivity contribution in [1.29, 1.82) is 0 Å². The number of methoxy groups -OCH3 is 2. The first-order valence-electron chi connectivity index (χ1n) is 13.6. The number of rotatable bonds is 8. The number of likely N-dealkylation sites (N-methyl/N-ethyl adjacent to an activating group) is 1. The Kier molecular flexibility index (Phi) is 8.43. The van der Waals surface area contributed by atoms with Gasteiger partial charge in [-0.15, -0.1) is 0 Å². The van der Waals surface area contributed by atoms with Gasteiger partial charge in [0, 0.05) is 35.3 Å². The third kappa shape index (κ3) is 5.30. The molecule has 0 N–H and O–H groups in total. The van der Waals surface area contributed by atoms with E-state index in [9.17, 15) is 9.59 Å². The Morgan fingerprint density at radius 2 is 1.86 bits per heavy atom. The van der Waals surface area contributed by atoms with E-state index < -0.39 is 6.04 Å². The standard InChI is InChI=1S/C32H32ClN3O5S/c1-7-35(8-2)31(38)28-19(4)34-32-36(29(28)24-16-21(39-5)11-13-25(24)40-6)30(37)27(42-32)17-22-12-14-26(41-22)23-15-20(33)10-9-18(23)3/h9-17,29H,7-8H2,1-6H3/b27-17+/t29-/m1/s1. The summed E-state index contributed by atoms with van der Waals surface area (Å²) in [6, 6.07) is 13.9. The Bertz CT molecular complexity index is 1880. The number of hydrogen-bond donors (Lipinski definition) is 0. The monoisotopic (exact) mass is 605 g/mol. The number of ether oxygens (including phenoxy) is 2. The molecule has 8 nitrogen and oxygen atoms in total. The van der Waals surface area contributed by atoms with Crippen molar-refractivity contribution in [1.82, 2.24) is 9.47 Å². The molecule has 10 heteroatoms. The minimum absolute atomic E-state index is 0.182. The summed E-state index contributed by atoms with van der Waals surface area (Å²) in [4.78, 5) is 35.0. The lowest BCUT2D eigenvalue weighted by Crippen LogP contribution is -2.43. The van der Waals surface area contributed by atoms with Crippen LogP contribution < -0.4 is 24.4 Å². The maximum Gasteiger partial charge on any atom is 0.271 e. The molecule has 5 rings (SSSR count). The fourth-order valence-electron chi connectivity index (χ4n) is 5.19. The van der Waals surface area contributed by atoms with Gasteiger partial charge in [-0.05, 0) is 75.7 Å². The number of amides is 1. The van der Waals surface area contributed by atoms with Crippen LogP contribution in [0.2, 0.25) is 5.02 Å². The molecule has 1 atom stereocenters. The van der Waals surface area contributed by atoms with E-state index in [4.69, 9.17) is 30.5 Å². The summed E-state index contributed by atoms with van der Waals surface area (Å²) in [6.07, 6.45) is 1.71. The first kappa shape index (κ1) is 29.4. The number of allylic oxidation sites excluding steroid dienone is 1. The van der Waals surface area contributed by atoms with Gasteiger partial charge in [0.1, 0.15) is 29.1 Å². The molecule has 0 fully saturated rings. The second kappa shape index (κ2) is 12.0. The topological polar surface area (TPSA) is 86.3 Å². The Hall–Kier alpha value is -4.08. The van der Waals surface area contributed by atoms with E-state index in [0.717, 1.165) is 11.1 Å². The first-order valence-corrected chi connectivity index (χ1v) is 14.8. The second-order valence-electron chi connectivity index (χ2n) is 9.83. The largest absolute Gasteiger partial charge is 0.497 e. The lowest BCUT2D eigenvalue weighted by Gasteiger charge is -2.30. The number of furan rings is 1. The van der Waals surface area contributed by atoms with Crippen LogP contribution in [0.15, 0.2) is 74.0 Å². The lowest BCUT2D eigenvalue weighted by atomic mass is 9.93. The van der Waals surface area contributed by atoms with Gasteiger partial charge >= 0.3 is 0 Å². The van der Waals surface area contributed by atoms with E-state index in [0.29, 0.717) is 67.3 Å². The van der Waals surface area contributed by atoms with E-state index in [2.05, 4.69) is 0 Å². The Balaban J connectivity index is 1.71. The molecule has 0 radical (unpaired) electrons. The van der Waals surface area contributed by atoms with Crippen LogP contribution in [0.25, 0.3) is 17.4 Å². The van der Waals surface area contributed by atoms with Crippen molar-refractivity contribution in [2.75, 3.05) is 27.3 Å². The van der Waals surface area contributed by atoms with Crippen LogP contribution in [0, 0.1) is 6.92 Å². The van der Waals surface area contributed by atoms with Gasteiger partial charge in [-0.2, -0.15) is 0 Å². The molecular formula is C32H32ClN3O5S. The molecule has 0 aliphatic carbocycles. The number of benzene rings is 2. The number of nitrogens with zero attached hydrogens (tertiary/aromatic N) is 3. The minimum Gasteiger partial charge on any atom is -0.497 e. The highest BCUT2D eigenvalue weighted by Crippen LogP contribution is 2.38. The number of thiazole rings is 1. The molecule has 218 valence electrons. The third-order valence-electron chi connectivity index (χ3n) is 7.40. The summed E-state index contributed by atoms with van der Waals surface area (Å²) in [6.45, 7) is 8.68. The van der Waals surface area contributed by atoms with Gasteiger partial charge < -0.3 is 18.8 Å². The molecule has 1 aliphatic rings. The van der Waals surface area contributed by atoms with E-state index >= 15 is 0 Å². The normalized spacial score (nSPS) is 14.9. The molecule has 0 unspecified atom stereocenters. The van der Waals surface area contributed by atoms with E-state index in [1.165, 1.54) is 11.3 Å². The summed E-state index contributed by atoms with van der Waals surface area (Å²) in [5.41, 5.74) is 3.21. The number of aromatic nitrogens is 1. The van der Waals surface area contributed by atoms with E-state index in [-0.39, 0.29) is 11.5 Å². The molecule has 2 aromatic carbocycles. The highest BCUT2D eigenvalue weighted by molar-refractivity contribution is 7.07. The maximum absolute atomic E-state index is 14.1. The molecule has 0 bridgehead atoms. The average Bonchev–Trinajstić information content (AvgIpc) is 3.57. The zero-order chi connectivity index (χ0) is 30.1. The quantitative estimate of drug-likeness (QED) is 0.271. The predicted molar refractivity (Wildman–Crippen MR) is 165 cm³/mol. The van der Waals surface area contributed by atoms with Crippen molar-refractivity contribution in [3.63, 3.8) is 0 Å². The van der Waals surface area contributed by atoms with Gasteiger partial charge in [-0.25, -0.2) is 4.99 Å². The minimum atomic E-state index is -0.775. The molecular weight excluding hydrogens is 574 g/mol. The molecule has 0 saturated heterocycles. The molecule has 1 aliphatic heterocycles. The van der Waals surface area contributed by atoms with Crippen molar-refractivity contribution in [3.05, 3.63) is 101 Å². The maximum atomic E-state index is 14.1. The van der Waals surface area contributed by atoms with Gasteiger partial charge in [0.2, 0.25) is 0 Å². The summed E-state index contributed by atoms with van der Waals surface area (Å²) < 4.78 is 19.3.